The van der Waals surface area contributed by atoms with Gasteiger partial charge in [-0.15, -0.1) is 0 Å². The van der Waals surface area contributed by atoms with Crippen LogP contribution in [0, 0.1) is 0 Å². The Morgan fingerprint density at radius 3 is 2.90 bits per heavy atom. The van der Waals surface area contributed by atoms with E-state index >= 15 is 0 Å². The summed E-state index contributed by atoms with van der Waals surface area (Å²) in [6, 6.07) is 6.86. The average Bonchev–Trinajstić information content (AvgIpc) is 1.88. The zero-order chi connectivity index (χ0) is 7.40. The fourth-order valence-electron chi connectivity index (χ4n) is 0.734. The van der Waals surface area contributed by atoms with Crippen LogP contribution >= 0.6 is 0 Å². The first kappa shape index (κ1) is 7.05. The van der Waals surface area contributed by atoms with E-state index in [1.807, 2.05) is 6.07 Å². The predicted molar refractivity (Wildman–Crippen MR) is 36.7 cm³/mol. The third-order valence-electron chi connectivity index (χ3n) is 1.12. The number of nitrogens with two attached hydrogens (primary N) is 1. The van der Waals surface area contributed by atoms with Gasteiger partial charge in [0.2, 0.25) is 0 Å². The molecule has 0 fully saturated rings. The van der Waals surface area contributed by atoms with E-state index in [1.54, 1.807) is 30.8 Å². The summed E-state index contributed by atoms with van der Waals surface area (Å²) >= 11 is 0. The lowest BCUT2D eigenvalue weighted by molar-refractivity contribution is -0.830. The van der Waals surface area contributed by atoms with E-state index in [0.717, 1.165) is 5.69 Å². The molecule has 0 aliphatic carbocycles. The molecule has 54 valence electrons. The second kappa shape index (κ2) is 3.20. The minimum atomic E-state index is 0.255. The van der Waals surface area contributed by atoms with E-state index in [0.29, 0.717) is 0 Å². The molecule has 0 aliphatic rings. The molecule has 0 saturated carbocycles. The van der Waals surface area contributed by atoms with E-state index in [2.05, 4.69) is 0 Å². The van der Waals surface area contributed by atoms with Gasteiger partial charge in [-0.05, 0) is 6.07 Å². The summed E-state index contributed by atoms with van der Waals surface area (Å²) < 4.78 is 0. The molecular weight excluding hydrogens is 130 g/mol. The van der Waals surface area contributed by atoms with Crippen LogP contribution in [0.5, 0.6) is 5.75 Å². The molecule has 0 spiro atoms. The molecule has 0 aromatic heterocycles. The van der Waals surface area contributed by atoms with Crippen LogP contribution in [0.15, 0.2) is 24.3 Å². The predicted octanol–water partition coefficient (Wildman–Crippen LogP) is 0.148. The van der Waals surface area contributed by atoms with Crippen LogP contribution in [0.3, 0.4) is 0 Å². The maximum atomic E-state index is 8.96. The maximum absolute atomic E-state index is 8.96. The Bertz CT molecular complexity index is 213. The molecule has 3 nitrogen and oxygen atoms in total. The summed E-state index contributed by atoms with van der Waals surface area (Å²) in [5.41, 5.74) is 2.43. The Hall–Kier alpha value is -1.06. The van der Waals surface area contributed by atoms with Crippen molar-refractivity contribution in [2.45, 2.75) is 0 Å². The van der Waals surface area contributed by atoms with Gasteiger partial charge in [0.25, 0.3) is 0 Å². The van der Waals surface area contributed by atoms with Gasteiger partial charge in [-0.1, -0.05) is 6.07 Å². The number of aromatic hydroxyl groups is 1. The van der Waals surface area contributed by atoms with Crippen molar-refractivity contribution in [2.24, 2.45) is 0 Å². The molecule has 3 heteroatoms. The number of phenolic OH excluding ortho intramolecular Hbond substituents is 1. The largest absolute Gasteiger partial charge is 0.508 e. The summed E-state index contributed by atoms with van der Waals surface area (Å²) in [5.74, 6) is 0.255. The molecule has 1 aromatic carbocycles. The van der Waals surface area contributed by atoms with E-state index < -0.39 is 0 Å². The normalized spacial score (nSPS) is 9.70. The fourth-order valence-corrected chi connectivity index (χ4v) is 0.734. The smallest absolute Gasteiger partial charge is 0.165 e. The van der Waals surface area contributed by atoms with Crippen molar-refractivity contribution in [3.63, 3.8) is 0 Å². The van der Waals surface area contributed by atoms with Gasteiger partial charge >= 0.3 is 0 Å². The summed E-state index contributed by atoms with van der Waals surface area (Å²) in [5, 5.41) is 8.96. The van der Waals surface area contributed by atoms with Crippen LogP contribution in [0.4, 0.5) is 5.69 Å². The highest BCUT2D eigenvalue weighted by atomic mass is 16.6. The van der Waals surface area contributed by atoms with Gasteiger partial charge < -0.3 is 5.11 Å². The molecule has 0 bridgehead atoms. The van der Waals surface area contributed by atoms with Crippen LogP contribution < -0.4 is 5.48 Å². The molecular formula is C7H10NO2+. The van der Waals surface area contributed by atoms with Crippen LogP contribution in [0.2, 0.25) is 0 Å². The number of phenols is 1. The van der Waals surface area contributed by atoms with E-state index in [9.17, 15) is 0 Å². The van der Waals surface area contributed by atoms with Gasteiger partial charge in [0.15, 0.2) is 5.69 Å². The summed E-state index contributed by atoms with van der Waals surface area (Å²) in [7, 11) is 1.57. The van der Waals surface area contributed by atoms with Crippen molar-refractivity contribution < 1.29 is 15.4 Å². The van der Waals surface area contributed by atoms with Gasteiger partial charge in [-0.2, -0.15) is 5.48 Å². The Morgan fingerprint density at radius 2 is 2.30 bits per heavy atom. The zero-order valence-electron chi connectivity index (χ0n) is 5.74. The second-order valence-corrected chi connectivity index (χ2v) is 1.95. The van der Waals surface area contributed by atoms with Crippen LogP contribution in [-0.4, -0.2) is 12.2 Å². The first-order chi connectivity index (χ1) is 4.83. The standard InChI is InChI=1S/C7H9NO2/c1-10-8-6-3-2-4-7(9)5-6/h2-5,8-9H,1H3/p+1. The number of hydrogen-bond acceptors (Lipinski definition) is 2. The monoisotopic (exact) mass is 140 g/mol. The molecule has 10 heavy (non-hydrogen) atoms. The van der Waals surface area contributed by atoms with Crippen molar-refractivity contribution in [1.29, 1.82) is 0 Å². The Morgan fingerprint density at radius 1 is 1.50 bits per heavy atom. The van der Waals surface area contributed by atoms with Gasteiger partial charge in [-0.3, -0.25) is 0 Å². The van der Waals surface area contributed by atoms with Crippen molar-refractivity contribution in [1.82, 2.24) is 0 Å². The second-order valence-electron chi connectivity index (χ2n) is 1.95. The molecule has 3 N–H and O–H groups in total. The Labute approximate surface area is 59.2 Å². The van der Waals surface area contributed by atoms with Crippen molar-refractivity contribution >= 4 is 5.69 Å². The SMILES string of the molecule is CO[NH2+]c1cccc(O)c1. The fraction of sp³-hybridized carbons (Fsp3) is 0.143. The molecule has 0 amide bonds. The number of quaternary nitrogens is 1. The van der Waals surface area contributed by atoms with E-state index in [4.69, 9.17) is 9.94 Å². The van der Waals surface area contributed by atoms with Crippen molar-refractivity contribution in [2.75, 3.05) is 7.11 Å². The van der Waals surface area contributed by atoms with Crippen LogP contribution in [-0.2, 0) is 4.84 Å². The van der Waals surface area contributed by atoms with Crippen molar-refractivity contribution in [3.8, 4) is 5.75 Å². The van der Waals surface area contributed by atoms with Crippen LogP contribution in [0.25, 0.3) is 0 Å². The third kappa shape index (κ3) is 1.72. The van der Waals surface area contributed by atoms with Crippen molar-refractivity contribution in [3.05, 3.63) is 24.3 Å². The highest BCUT2D eigenvalue weighted by Crippen LogP contribution is 2.10. The lowest BCUT2D eigenvalue weighted by Gasteiger charge is -1.95. The quantitative estimate of drug-likeness (QED) is 0.453. The molecule has 0 atom stereocenters. The summed E-state index contributed by atoms with van der Waals surface area (Å²) in [6.07, 6.45) is 0. The zero-order valence-corrected chi connectivity index (χ0v) is 5.74. The third-order valence-corrected chi connectivity index (χ3v) is 1.12. The first-order valence-electron chi connectivity index (χ1n) is 2.98. The van der Waals surface area contributed by atoms with Gasteiger partial charge in [0.1, 0.15) is 5.75 Å². The molecule has 0 unspecified atom stereocenters. The van der Waals surface area contributed by atoms with E-state index in [-0.39, 0.29) is 5.75 Å². The minimum Gasteiger partial charge on any atom is -0.508 e. The molecule has 0 aliphatic heterocycles. The van der Waals surface area contributed by atoms with Gasteiger partial charge in [0.05, 0.1) is 7.11 Å². The van der Waals surface area contributed by atoms with E-state index in [1.165, 1.54) is 0 Å². The molecule has 1 aromatic rings. The average molecular weight is 140 g/mol. The number of benzene rings is 1. The van der Waals surface area contributed by atoms with Crippen LogP contribution in [0.1, 0.15) is 0 Å². The lowest BCUT2D eigenvalue weighted by Crippen LogP contribution is -2.75. The number of hydrogen-bond donors (Lipinski definition) is 2. The molecule has 0 radical (unpaired) electrons. The number of rotatable bonds is 2. The summed E-state index contributed by atoms with van der Waals surface area (Å²) in [4.78, 5) is 4.75. The molecule has 0 saturated heterocycles. The Kier molecular flexibility index (Phi) is 2.25. The van der Waals surface area contributed by atoms with Gasteiger partial charge in [-0.25, -0.2) is 4.84 Å². The Balaban J connectivity index is 2.75. The highest BCUT2D eigenvalue weighted by molar-refractivity contribution is 5.35. The molecule has 0 heterocycles. The first-order valence-corrected chi connectivity index (χ1v) is 2.98. The minimum absolute atomic E-state index is 0.255. The maximum Gasteiger partial charge on any atom is 0.165 e. The topological polar surface area (TPSA) is 46.1 Å². The summed E-state index contributed by atoms with van der Waals surface area (Å²) in [6.45, 7) is 0. The highest BCUT2D eigenvalue weighted by Gasteiger charge is 1.94. The molecule has 1 rings (SSSR count). The lowest BCUT2D eigenvalue weighted by atomic mass is 10.3. The van der Waals surface area contributed by atoms with Gasteiger partial charge in [0, 0.05) is 12.1 Å².